The molecule has 0 heterocycles. The van der Waals surface area contributed by atoms with E-state index in [9.17, 15) is 10.1 Å². The van der Waals surface area contributed by atoms with E-state index in [-0.39, 0.29) is 10.6 Å². The van der Waals surface area contributed by atoms with Gasteiger partial charge in [-0.05, 0) is 38.3 Å². The van der Waals surface area contributed by atoms with Gasteiger partial charge in [0.25, 0.3) is 5.69 Å². The first kappa shape index (κ1) is 13.8. The topological polar surface area (TPSA) is 81.2 Å². The molecule has 2 unspecified atom stereocenters. The fraction of sp³-hybridized carbons (Fsp3) is 0.571. The van der Waals surface area contributed by atoms with Crippen LogP contribution in [0.25, 0.3) is 0 Å². The summed E-state index contributed by atoms with van der Waals surface area (Å²) in [4.78, 5) is 10.6. The molecule has 0 amide bonds. The van der Waals surface area contributed by atoms with Crippen molar-refractivity contribution in [1.29, 1.82) is 0 Å². The van der Waals surface area contributed by atoms with Gasteiger partial charge in [-0.15, -0.1) is 0 Å². The highest BCUT2D eigenvalue weighted by Crippen LogP contribution is 2.28. The van der Waals surface area contributed by atoms with Crippen LogP contribution in [-0.2, 0) is 0 Å². The minimum Gasteiger partial charge on any atom is -0.382 e. The molecule has 3 N–H and O–H groups in total. The Morgan fingerprint density at radius 2 is 2.16 bits per heavy atom. The minimum absolute atomic E-state index is 0.171. The Morgan fingerprint density at radius 3 is 2.84 bits per heavy atom. The van der Waals surface area contributed by atoms with Gasteiger partial charge in [0.2, 0.25) is 0 Å². The maximum absolute atomic E-state index is 10.9. The number of hydrogen-bond acceptors (Lipinski definition) is 4. The van der Waals surface area contributed by atoms with Crippen molar-refractivity contribution in [3.05, 3.63) is 33.9 Å². The highest BCUT2D eigenvalue weighted by molar-refractivity contribution is 5.55. The average Bonchev–Trinajstić information content (AvgIpc) is 2.41. The van der Waals surface area contributed by atoms with E-state index in [0.717, 1.165) is 18.5 Å². The molecule has 1 fully saturated rings. The highest BCUT2D eigenvalue weighted by Gasteiger charge is 2.24. The summed E-state index contributed by atoms with van der Waals surface area (Å²) < 4.78 is 0. The van der Waals surface area contributed by atoms with Crippen LogP contribution in [0.15, 0.2) is 18.2 Å². The summed E-state index contributed by atoms with van der Waals surface area (Å²) in [5, 5.41) is 14.4. The lowest BCUT2D eigenvalue weighted by Gasteiger charge is -2.32. The molecule has 1 aromatic rings. The molecule has 0 aliphatic heterocycles. The molecule has 0 saturated heterocycles. The summed E-state index contributed by atoms with van der Waals surface area (Å²) in [5.74, 6) is 0.467. The van der Waals surface area contributed by atoms with Crippen molar-refractivity contribution >= 4 is 11.4 Å². The number of hydrogen-bond donors (Lipinski definition) is 2. The van der Waals surface area contributed by atoms with Gasteiger partial charge in [0.1, 0.15) is 0 Å². The van der Waals surface area contributed by atoms with Crippen molar-refractivity contribution in [3.8, 4) is 0 Å². The third-order valence-electron chi connectivity index (χ3n) is 3.97. The zero-order valence-corrected chi connectivity index (χ0v) is 11.3. The third kappa shape index (κ3) is 3.23. The molecule has 0 spiro atoms. The fourth-order valence-electron chi connectivity index (χ4n) is 2.79. The first-order valence-electron chi connectivity index (χ1n) is 6.83. The maximum Gasteiger partial charge on any atom is 0.274 e. The second-order valence-electron chi connectivity index (χ2n) is 5.29. The lowest BCUT2D eigenvalue weighted by Crippen LogP contribution is -2.36. The zero-order chi connectivity index (χ0) is 13.8. The first-order chi connectivity index (χ1) is 9.11. The molecule has 5 nitrogen and oxygen atoms in total. The molecular formula is C14H21N3O2. The Bertz CT molecular complexity index is 462. The van der Waals surface area contributed by atoms with E-state index in [0.29, 0.717) is 24.1 Å². The molecule has 19 heavy (non-hydrogen) atoms. The average molecular weight is 263 g/mol. The van der Waals surface area contributed by atoms with Gasteiger partial charge in [0.05, 0.1) is 4.92 Å². The number of benzene rings is 1. The van der Waals surface area contributed by atoms with Gasteiger partial charge < -0.3 is 11.1 Å². The number of nitro benzene ring substituents is 1. The molecule has 1 aliphatic rings. The molecule has 104 valence electrons. The van der Waals surface area contributed by atoms with Crippen LogP contribution in [-0.4, -0.2) is 17.5 Å². The Morgan fingerprint density at radius 1 is 1.42 bits per heavy atom. The van der Waals surface area contributed by atoms with Crippen LogP contribution in [0.5, 0.6) is 0 Å². The second kappa shape index (κ2) is 6.02. The van der Waals surface area contributed by atoms with Crippen LogP contribution in [0, 0.1) is 23.0 Å². The van der Waals surface area contributed by atoms with E-state index >= 15 is 0 Å². The largest absolute Gasteiger partial charge is 0.382 e. The second-order valence-corrected chi connectivity index (χ2v) is 5.29. The van der Waals surface area contributed by atoms with Gasteiger partial charge in [-0.1, -0.05) is 18.9 Å². The SMILES string of the molecule is Cc1ccc(NC2CCCCC2CN)cc1[N+](=O)[O-]. The number of nitrogens with two attached hydrogens (primary N) is 1. The van der Waals surface area contributed by atoms with Crippen molar-refractivity contribution in [3.63, 3.8) is 0 Å². The lowest BCUT2D eigenvalue weighted by atomic mass is 9.84. The molecule has 2 rings (SSSR count). The van der Waals surface area contributed by atoms with Gasteiger partial charge in [0, 0.05) is 23.4 Å². The maximum atomic E-state index is 10.9. The van der Waals surface area contributed by atoms with Crippen LogP contribution in [0.4, 0.5) is 11.4 Å². The van der Waals surface area contributed by atoms with Crippen molar-refractivity contribution in [2.45, 2.75) is 38.6 Å². The molecule has 0 aromatic heterocycles. The first-order valence-corrected chi connectivity index (χ1v) is 6.83. The summed E-state index contributed by atoms with van der Waals surface area (Å²) in [6.07, 6.45) is 4.65. The molecule has 1 aromatic carbocycles. The summed E-state index contributed by atoms with van der Waals surface area (Å²) in [7, 11) is 0. The summed E-state index contributed by atoms with van der Waals surface area (Å²) in [6, 6.07) is 5.66. The molecular weight excluding hydrogens is 242 g/mol. The Kier molecular flexibility index (Phi) is 4.37. The minimum atomic E-state index is -0.332. The van der Waals surface area contributed by atoms with E-state index < -0.39 is 0 Å². The van der Waals surface area contributed by atoms with Crippen LogP contribution in [0.2, 0.25) is 0 Å². The normalized spacial score (nSPS) is 23.1. The Labute approximate surface area is 113 Å². The standard InChI is InChI=1S/C14H21N3O2/c1-10-6-7-12(8-14(10)17(18)19)16-13-5-3-2-4-11(13)9-15/h6-8,11,13,16H,2-5,9,15H2,1H3. The van der Waals surface area contributed by atoms with Crippen LogP contribution in [0.3, 0.4) is 0 Å². The van der Waals surface area contributed by atoms with Gasteiger partial charge in [-0.2, -0.15) is 0 Å². The summed E-state index contributed by atoms with van der Waals surface area (Å²) in [6.45, 7) is 2.43. The monoisotopic (exact) mass is 263 g/mol. The molecule has 5 heteroatoms. The van der Waals surface area contributed by atoms with Gasteiger partial charge in [0.15, 0.2) is 0 Å². The van der Waals surface area contributed by atoms with E-state index in [1.165, 1.54) is 12.8 Å². The van der Waals surface area contributed by atoms with Crippen molar-refractivity contribution in [1.82, 2.24) is 0 Å². The van der Waals surface area contributed by atoms with Gasteiger partial charge in [-0.3, -0.25) is 10.1 Å². The molecule has 0 bridgehead atoms. The fourth-order valence-corrected chi connectivity index (χ4v) is 2.79. The summed E-state index contributed by atoms with van der Waals surface area (Å²) >= 11 is 0. The molecule has 1 aliphatic carbocycles. The molecule has 1 saturated carbocycles. The zero-order valence-electron chi connectivity index (χ0n) is 11.3. The predicted octanol–water partition coefficient (Wildman–Crippen LogP) is 2.83. The highest BCUT2D eigenvalue weighted by atomic mass is 16.6. The quantitative estimate of drug-likeness (QED) is 0.646. The van der Waals surface area contributed by atoms with E-state index in [4.69, 9.17) is 5.73 Å². The van der Waals surface area contributed by atoms with Crippen LogP contribution >= 0.6 is 0 Å². The van der Waals surface area contributed by atoms with Crippen LogP contribution in [0.1, 0.15) is 31.2 Å². The van der Waals surface area contributed by atoms with E-state index in [1.54, 1.807) is 19.1 Å². The van der Waals surface area contributed by atoms with Crippen molar-refractivity contribution in [2.75, 3.05) is 11.9 Å². The van der Waals surface area contributed by atoms with Gasteiger partial charge in [-0.25, -0.2) is 0 Å². The smallest absolute Gasteiger partial charge is 0.274 e. The molecule has 2 atom stereocenters. The number of nitro groups is 1. The number of nitrogens with zero attached hydrogens (tertiary/aromatic N) is 1. The van der Waals surface area contributed by atoms with Gasteiger partial charge >= 0.3 is 0 Å². The third-order valence-corrected chi connectivity index (χ3v) is 3.97. The number of anilines is 1. The van der Waals surface area contributed by atoms with E-state index in [1.807, 2.05) is 6.07 Å². The van der Waals surface area contributed by atoms with E-state index in [2.05, 4.69) is 5.32 Å². The number of aryl methyl sites for hydroxylation is 1. The van der Waals surface area contributed by atoms with Crippen LogP contribution < -0.4 is 11.1 Å². The predicted molar refractivity (Wildman–Crippen MR) is 76.3 cm³/mol. The lowest BCUT2D eigenvalue weighted by molar-refractivity contribution is -0.385. The number of nitrogens with one attached hydrogen (secondary N) is 1. The Hall–Kier alpha value is -1.62. The Balaban J connectivity index is 2.14. The summed E-state index contributed by atoms with van der Waals surface area (Å²) in [5.41, 5.74) is 7.48. The van der Waals surface area contributed by atoms with Crippen molar-refractivity contribution < 1.29 is 4.92 Å². The molecule has 0 radical (unpaired) electrons. The van der Waals surface area contributed by atoms with Crippen molar-refractivity contribution in [2.24, 2.45) is 11.7 Å². The number of rotatable bonds is 4.